The van der Waals surface area contributed by atoms with Crippen LogP contribution in [0.4, 0.5) is 0 Å². The van der Waals surface area contributed by atoms with Gasteiger partial charge in [-0.15, -0.1) is 0 Å². The molecular formula is C12H18ClNO2. The highest BCUT2D eigenvalue weighted by atomic mass is 35.5. The smallest absolute Gasteiger partial charge is 0.125 e. The average molecular weight is 244 g/mol. The van der Waals surface area contributed by atoms with E-state index in [1.807, 2.05) is 26.0 Å². The van der Waals surface area contributed by atoms with Crippen molar-refractivity contribution in [1.82, 2.24) is 5.32 Å². The summed E-state index contributed by atoms with van der Waals surface area (Å²) in [4.78, 5) is 0. The molecule has 0 aromatic heterocycles. The average Bonchev–Trinajstić information content (AvgIpc) is 2.25. The molecule has 0 aliphatic heterocycles. The van der Waals surface area contributed by atoms with E-state index < -0.39 is 0 Å². The summed E-state index contributed by atoms with van der Waals surface area (Å²) in [6, 6.07) is 5.52. The third-order valence-corrected chi connectivity index (χ3v) is 2.63. The van der Waals surface area contributed by atoms with Crippen LogP contribution < -0.4 is 10.1 Å². The fourth-order valence-electron chi connectivity index (χ4n) is 1.66. The molecule has 0 saturated heterocycles. The minimum Gasteiger partial charge on any atom is -0.496 e. The van der Waals surface area contributed by atoms with Gasteiger partial charge in [0.2, 0.25) is 0 Å². The highest BCUT2D eigenvalue weighted by Gasteiger charge is 2.19. The van der Waals surface area contributed by atoms with Crippen molar-refractivity contribution < 1.29 is 9.84 Å². The predicted molar refractivity (Wildman–Crippen MR) is 66.1 cm³/mol. The van der Waals surface area contributed by atoms with Crippen LogP contribution in [0.1, 0.15) is 25.5 Å². The van der Waals surface area contributed by atoms with E-state index >= 15 is 0 Å². The number of rotatable bonds is 5. The van der Waals surface area contributed by atoms with Crippen LogP contribution in [-0.2, 0) is 0 Å². The van der Waals surface area contributed by atoms with Gasteiger partial charge in [0.1, 0.15) is 5.75 Å². The molecule has 1 rings (SSSR count). The Hall–Kier alpha value is -0.770. The number of ether oxygens (including phenoxy) is 1. The monoisotopic (exact) mass is 243 g/mol. The highest BCUT2D eigenvalue weighted by molar-refractivity contribution is 6.31. The van der Waals surface area contributed by atoms with Crippen LogP contribution >= 0.6 is 11.6 Å². The molecule has 0 aliphatic carbocycles. The summed E-state index contributed by atoms with van der Waals surface area (Å²) in [5.41, 5.74) is 0.808. The highest BCUT2D eigenvalue weighted by Crippen LogP contribution is 2.32. The quantitative estimate of drug-likeness (QED) is 0.835. The normalized spacial score (nSPS) is 12.9. The maximum absolute atomic E-state index is 9.40. The Balaban J connectivity index is 3.07. The Morgan fingerprint density at radius 1 is 1.44 bits per heavy atom. The van der Waals surface area contributed by atoms with Crippen molar-refractivity contribution in [2.24, 2.45) is 0 Å². The van der Waals surface area contributed by atoms with E-state index in [-0.39, 0.29) is 18.7 Å². The van der Waals surface area contributed by atoms with Crippen LogP contribution in [0.15, 0.2) is 18.2 Å². The number of aliphatic hydroxyl groups excluding tert-OH is 1. The summed E-state index contributed by atoms with van der Waals surface area (Å²) in [6.45, 7) is 4.02. The number of nitrogens with one attached hydrogen (secondary N) is 1. The number of hydrogen-bond donors (Lipinski definition) is 2. The molecule has 1 unspecified atom stereocenters. The Labute approximate surface area is 101 Å². The van der Waals surface area contributed by atoms with E-state index in [1.165, 1.54) is 0 Å². The molecule has 0 bridgehead atoms. The zero-order chi connectivity index (χ0) is 12.1. The molecule has 0 radical (unpaired) electrons. The first kappa shape index (κ1) is 13.3. The molecule has 0 amide bonds. The number of halogens is 1. The van der Waals surface area contributed by atoms with E-state index in [0.717, 1.165) is 5.56 Å². The number of hydrogen-bond acceptors (Lipinski definition) is 3. The first-order valence-corrected chi connectivity index (χ1v) is 5.67. The summed E-state index contributed by atoms with van der Waals surface area (Å²) in [5.74, 6) is 0.694. The Bertz CT molecular complexity index is 342. The summed E-state index contributed by atoms with van der Waals surface area (Å²) in [5, 5.41) is 13.2. The maximum atomic E-state index is 9.40. The lowest BCUT2D eigenvalue weighted by Gasteiger charge is -2.22. The van der Waals surface area contributed by atoms with Crippen LogP contribution in [0, 0.1) is 0 Å². The summed E-state index contributed by atoms with van der Waals surface area (Å²) < 4.78 is 5.25. The molecule has 2 N–H and O–H groups in total. The lowest BCUT2D eigenvalue weighted by molar-refractivity contribution is 0.234. The molecule has 0 aliphatic rings. The molecule has 3 nitrogen and oxygen atoms in total. The van der Waals surface area contributed by atoms with E-state index in [2.05, 4.69) is 5.32 Å². The molecule has 1 aromatic rings. The standard InChI is InChI=1S/C12H18ClNO2/c1-8(2)14-10(7-15)12-9(13)5-4-6-11(12)16-3/h4-6,8,10,14-15H,7H2,1-3H3. The van der Waals surface area contributed by atoms with Crippen molar-refractivity contribution in [1.29, 1.82) is 0 Å². The third-order valence-electron chi connectivity index (χ3n) is 2.30. The van der Waals surface area contributed by atoms with Crippen LogP contribution in [0.25, 0.3) is 0 Å². The summed E-state index contributed by atoms with van der Waals surface area (Å²) in [6.07, 6.45) is 0. The van der Waals surface area contributed by atoms with Gasteiger partial charge >= 0.3 is 0 Å². The molecule has 4 heteroatoms. The molecule has 0 saturated carbocycles. The van der Waals surface area contributed by atoms with Crippen LogP contribution in [0.2, 0.25) is 5.02 Å². The van der Waals surface area contributed by atoms with Gasteiger partial charge in [-0.3, -0.25) is 0 Å². The fourth-order valence-corrected chi connectivity index (χ4v) is 1.96. The van der Waals surface area contributed by atoms with Crippen LogP contribution in [0.3, 0.4) is 0 Å². The second kappa shape index (κ2) is 6.09. The fraction of sp³-hybridized carbons (Fsp3) is 0.500. The lowest BCUT2D eigenvalue weighted by atomic mass is 10.1. The molecule has 90 valence electrons. The minimum atomic E-state index is -0.205. The van der Waals surface area contributed by atoms with Crippen molar-refractivity contribution in [3.05, 3.63) is 28.8 Å². The molecule has 1 aromatic carbocycles. The molecule has 0 fully saturated rings. The topological polar surface area (TPSA) is 41.5 Å². The van der Waals surface area contributed by atoms with E-state index in [0.29, 0.717) is 10.8 Å². The molecule has 0 spiro atoms. The van der Waals surface area contributed by atoms with Crippen LogP contribution in [-0.4, -0.2) is 24.9 Å². The van der Waals surface area contributed by atoms with E-state index in [9.17, 15) is 5.11 Å². The first-order valence-electron chi connectivity index (χ1n) is 5.29. The van der Waals surface area contributed by atoms with Crippen molar-refractivity contribution >= 4 is 11.6 Å². The number of benzene rings is 1. The number of aliphatic hydroxyl groups is 1. The summed E-state index contributed by atoms with van der Waals surface area (Å²) in [7, 11) is 1.60. The minimum absolute atomic E-state index is 0.0156. The second-order valence-electron chi connectivity index (χ2n) is 3.91. The lowest BCUT2D eigenvalue weighted by Crippen LogP contribution is -2.31. The van der Waals surface area contributed by atoms with Gasteiger partial charge in [0, 0.05) is 16.6 Å². The van der Waals surface area contributed by atoms with Gasteiger partial charge in [0.25, 0.3) is 0 Å². The number of methoxy groups -OCH3 is 1. The van der Waals surface area contributed by atoms with Crippen molar-refractivity contribution in [3.63, 3.8) is 0 Å². The van der Waals surface area contributed by atoms with Gasteiger partial charge in [0.05, 0.1) is 19.8 Å². The van der Waals surface area contributed by atoms with Crippen molar-refractivity contribution in [3.8, 4) is 5.75 Å². The molecule has 16 heavy (non-hydrogen) atoms. The molecule has 0 heterocycles. The van der Waals surface area contributed by atoms with Gasteiger partial charge in [-0.2, -0.15) is 0 Å². The van der Waals surface area contributed by atoms with Gasteiger partial charge < -0.3 is 15.2 Å². The largest absolute Gasteiger partial charge is 0.496 e. The van der Waals surface area contributed by atoms with Gasteiger partial charge in [-0.25, -0.2) is 0 Å². The summed E-state index contributed by atoms with van der Waals surface area (Å²) >= 11 is 6.13. The SMILES string of the molecule is COc1cccc(Cl)c1C(CO)NC(C)C. The van der Waals surface area contributed by atoms with Crippen molar-refractivity contribution in [2.45, 2.75) is 25.9 Å². The van der Waals surface area contributed by atoms with Gasteiger partial charge in [-0.05, 0) is 12.1 Å². The predicted octanol–water partition coefficient (Wildman–Crippen LogP) is 2.38. The molecule has 1 atom stereocenters. The van der Waals surface area contributed by atoms with Crippen molar-refractivity contribution in [2.75, 3.05) is 13.7 Å². The van der Waals surface area contributed by atoms with Crippen LogP contribution in [0.5, 0.6) is 5.75 Å². The van der Waals surface area contributed by atoms with E-state index in [1.54, 1.807) is 13.2 Å². The third kappa shape index (κ3) is 3.11. The first-order chi connectivity index (χ1) is 7.60. The Morgan fingerprint density at radius 2 is 2.12 bits per heavy atom. The Morgan fingerprint density at radius 3 is 2.62 bits per heavy atom. The van der Waals surface area contributed by atoms with Gasteiger partial charge in [-0.1, -0.05) is 31.5 Å². The Kier molecular flexibility index (Phi) is 5.06. The zero-order valence-electron chi connectivity index (χ0n) is 9.83. The molecular weight excluding hydrogens is 226 g/mol. The van der Waals surface area contributed by atoms with E-state index in [4.69, 9.17) is 16.3 Å². The second-order valence-corrected chi connectivity index (χ2v) is 4.32. The maximum Gasteiger partial charge on any atom is 0.125 e. The van der Waals surface area contributed by atoms with Gasteiger partial charge in [0.15, 0.2) is 0 Å². The zero-order valence-corrected chi connectivity index (χ0v) is 10.6.